The third kappa shape index (κ3) is 2.97. The maximum absolute atomic E-state index is 5.90. The minimum atomic E-state index is 0.163. The number of likely N-dealkylation sites (N-methyl/N-ethyl adjacent to an activating group) is 1. The van der Waals surface area contributed by atoms with Crippen LogP contribution in [0.5, 0.6) is 5.75 Å². The summed E-state index contributed by atoms with van der Waals surface area (Å²) in [5.41, 5.74) is 0. The number of benzene rings is 1. The van der Waals surface area contributed by atoms with Crippen molar-refractivity contribution in [2.45, 2.75) is 13.2 Å². The second kappa shape index (κ2) is 5.32. The van der Waals surface area contributed by atoms with Crippen LogP contribution in [0.25, 0.3) is 0 Å². The van der Waals surface area contributed by atoms with E-state index in [1.54, 1.807) is 0 Å². The van der Waals surface area contributed by atoms with Gasteiger partial charge in [0.15, 0.2) is 0 Å². The van der Waals surface area contributed by atoms with Gasteiger partial charge in [-0.05, 0) is 26.1 Å². The molecule has 1 aromatic carbocycles. The Labute approximate surface area is 97.6 Å². The van der Waals surface area contributed by atoms with E-state index in [0.29, 0.717) is 0 Å². The molecule has 0 bridgehead atoms. The van der Waals surface area contributed by atoms with Crippen LogP contribution in [0.15, 0.2) is 30.3 Å². The average Bonchev–Trinajstić information content (AvgIpc) is 2.31. The molecule has 0 radical (unpaired) electrons. The predicted octanol–water partition coefficient (Wildman–Crippen LogP) is 1.66. The summed E-state index contributed by atoms with van der Waals surface area (Å²) in [6.07, 6.45) is 0.163. The van der Waals surface area contributed by atoms with Crippen LogP contribution in [0.3, 0.4) is 0 Å². The topological polar surface area (TPSA) is 15.7 Å². The predicted molar refractivity (Wildman–Crippen MR) is 65.6 cm³/mol. The smallest absolute Gasteiger partial charge is 0.149 e. The Morgan fingerprint density at radius 2 is 1.69 bits per heavy atom. The second-order valence-electron chi connectivity index (χ2n) is 4.37. The molecule has 1 aliphatic rings. The van der Waals surface area contributed by atoms with Gasteiger partial charge in [-0.25, -0.2) is 0 Å². The summed E-state index contributed by atoms with van der Waals surface area (Å²) in [6, 6.07) is 10.0. The standard InChI is InChI=1S/C13H20N2O/c1-12(15-10-8-14(2)9-11-15)16-13-6-4-3-5-7-13/h3-7,12H,8-11H2,1-2H3. The van der Waals surface area contributed by atoms with Crippen LogP contribution in [0.1, 0.15) is 6.92 Å². The van der Waals surface area contributed by atoms with Crippen LogP contribution in [-0.2, 0) is 0 Å². The SMILES string of the molecule is CC(Oc1ccccc1)N1CCN(C)CC1. The molecule has 1 saturated heterocycles. The lowest BCUT2D eigenvalue weighted by atomic mass is 10.3. The average molecular weight is 220 g/mol. The van der Waals surface area contributed by atoms with Crippen LogP contribution in [-0.4, -0.2) is 49.3 Å². The van der Waals surface area contributed by atoms with Gasteiger partial charge in [-0.15, -0.1) is 0 Å². The number of piperazine rings is 1. The highest BCUT2D eigenvalue weighted by atomic mass is 16.5. The molecule has 1 heterocycles. The fraction of sp³-hybridized carbons (Fsp3) is 0.538. The van der Waals surface area contributed by atoms with Crippen molar-refractivity contribution in [2.75, 3.05) is 33.2 Å². The molecule has 2 rings (SSSR count). The number of ether oxygens (including phenoxy) is 1. The molecule has 0 amide bonds. The molecule has 1 aromatic rings. The van der Waals surface area contributed by atoms with Crippen molar-refractivity contribution >= 4 is 0 Å². The summed E-state index contributed by atoms with van der Waals surface area (Å²) in [4.78, 5) is 4.73. The molecule has 16 heavy (non-hydrogen) atoms. The van der Waals surface area contributed by atoms with Crippen LogP contribution in [0.4, 0.5) is 0 Å². The van der Waals surface area contributed by atoms with Gasteiger partial charge in [0.25, 0.3) is 0 Å². The number of nitrogens with zero attached hydrogens (tertiary/aromatic N) is 2. The van der Waals surface area contributed by atoms with Gasteiger partial charge in [-0.1, -0.05) is 18.2 Å². The van der Waals surface area contributed by atoms with E-state index < -0.39 is 0 Å². The van der Waals surface area contributed by atoms with E-state index in [4.69, 9.17) is 4.74 Å². The van der Waals surface area contributed by atoms with Gasteiger partial charge < -0.3 is 9.64 Å². The van der Waals surface area contributed by atoms with Crippen molar-refractivity contribution in [3.63, 3.8) is 0 Å². The number of hydrogen-bond acceptors (Lipinski definition) is 3. The first-order chi connectivity index (χ1) is 7.75. The lowest BCUT2D eigenvalue weighted by Crippen LogP contribution is -2.49. The summed E-state index contributed by atoms with van der Waals surface area (Å²) in [6.45, 7) is 6.55. The molecule has 1 atom stereocenters. The molecule has 0 aliphatic carbocycles. The monoisotopic (exact) mass is 220 g/mol. The molecule has 0 N–H and O–H groups in total. The number of hydrogen-bond donors (Lipinski definition) is 0. The Morgan fingerprint density at radius 1 is 1.06 bits per heavy atom. The van der Waals surface area contributed by atoms with Crippen molar-refractivity contribution in [1.82, 2.24) is 9.80 Å². The van der Waals surface area contributed by atoms with Crippen molar-refractivity contribution in [2.24, 2.45) is 0 Å². The Hall–Kier alpha value is -1.06. The Morgan fingerprint density at radius 3 is 2.31 bits per heavy atom. The summed E-state index contributed by atoms with van der Waals surface area (Å²) in [5.74, 6) is 0.953. The van der Waals surface area contributed by atoms with E-state index in [9.17, 15) is 0 Å². The van der Waals surface area contributed by atoms with E-state index in [-0.39, 0.29) is 6.23 Å². The van der Waals surface area contributed by atoms with Crippen LogP contribution < -0.4 is 4.74 Å². The van der Waals surface area contributed by atoms with E-state index >= 15 is 0 Å². The minimum Gasteiger partial charge on any atom is -0.475 e. The lowest BCUT2D eigenvalue weighted by Gasteiger charge is -2.36. The highest BCUT2D eigenvalue weighted by Gasteiger charge is 2.19. The molecule has 0 aromatic heterocycles. The Balaban J connectivity index is 1.86. The Bertz CT molecular complexity index is 307. The third-order valence-electron chi connectivity index (χ3n) is 3.10. The maximum atomic E-state index is 5.90. The summed E-state index contributed by atoms with van der Waals surface area (Å²) >= 11 is 0. The van der Waals surface area contributed by atoms with Crippen LogP contribution in [0.2, 0.25) is 0 Å². The van der Waals surface area contributed by atoms with Crippen molar-refractivity contribution in [1.29, 1.82) is 0 Å². The minimum absolute atomic E-state index is 0.163. The molecule has 1 aliphatic heterocycles. The molecule has 1 unspecified atom stereocenters. The third-order valence-corrected chi connectivity index (χ3v) is 3.10. The van der Waals surface area contributed by atoms with Crippen molar-refractivity contribution < 1.29 is 4.74 Å². The number of para-hydroxylation sites is 1. The van der Waals surface area contributed by atoms with E-state index in [0.717, 1.165) is 31.9 Å². The van der Waals surface area contributed by atoms with Crippen LogP contribution >= 0.6 is 0 Å². The quantitative estimate of drug-likeness (QED) is 0.770. The molecule has 0 saturated carbocycles. The molecule has 1 fully saturated rings. The molecule has 0 spiro atoms. The van der Waals surface area contributed by atoms with Crippen molar-refractivity contribution in [3.05, 3.63) is 30.3 Å². The van der Waals surface area contributed by atoms with E-state index in [2.05, 4.69) is 23.8 Å². The first kappa shape index (κ1) is 11.4. The van der Waals surface area contributed by atoms with Gasteiger partial charge in [-0.2, -0.15) is 0 Å². The molecule has 88 valence electrons. The first-order valence-corrected chi connectivity index (χ1v) is 5.90. The van der Waals surface area contributed by atoms with Crippen LogP contribution in [0, 0.1) is 0 Å². The number of rotatable bonds is 3. The van der Waals surface area contributed by atoms with E-state index in [1.807, 2.05) is 30.3 Å². The fourth-order valence-corrected chi connectivity index (χ4v) is 1.96. The molecular formula is C13H20N2O. The highest BCUT2D eigenvalue weighted by Crippen LogP contribution is 2.13. The zero-order valence-corrected chi connectivity index (χ0v) is 10.1. The van der Waals surface area contributed by atoms with Gasteiger partial charge in [0.1, 0.15) is 12.0 Å². The lowest BCUT2D eigenvalue weighted by molar-refractivity contribution is 0.00906. The summed E-state index contributed by atoms with van der Waals surface area (Å²) in [5, 5.41) is 0. The van der Waals surface area contributed by atoms with Gasteiger partial charge in [0, 0.05) is 26.2 Å². The Kier molecular flexibility index (Phi) is 3.80. The highest BCUT2D eigenvalue weighted by molar-refractivity contribution is 5.21. The summed E-state index contributed by atoms with van der Waals surface area (Å²) < 4.78 is 5.90. The normalized spacial score (nSPS) is 20.6. The zero-order chi connectivity index (χ0) is 11.4. The molecular weight excluding hydrogens is 200 g/mol. The summed E-state index contributed by atoms with van der Waals surface area (Å²) in [7, 11) is 2.17. The van der Waals surface area contributed by atoms with Gasteiger partial charge >= 0.3 is 0 Å². The molecule has 3 nitrogen and oxygen atoms in total. The van der Waals surface area contributed by atoms with E-state index in [1.165, 1.54) is 0 Å². The maximum Gasteiger partial charge on any atom is 0.149 e. The van der Waals surface area contributed by atoms with Crippen molar-refractivity contribution in [3.8, 4) is 5.75 Å². The zero-order valence-electron chi connectivity index (χ0n) is 10.1. The molecule has 3 heteroatoms. The van der Waals surface area contributed by atoms with Gasteiger partial charge in [-0.3, -0.25) is 4.90 Å². The second-order valence-corrected chi connectivity index (χ2v) is 4.37. The van der Waals surface area contributed by atoms with Gasteiger partial charge in [0.2, 0.25) is 0 Å². The fourth-order valence-electron chi connectivity index (χ4n) is 1.96. The van der Waals surface area contributed by atoms with Gasteiger partial charge in [0.05, 0.1) is 0 Å². The largest absolute Gasteiger partial charge is 0.475 e. The first-order valence-electron chi connectivity index (χ1n) is 5.90.